The Morgan fingerprint density at radius 2 is 1.60 bits per heavy atom. The summed E-state index contributed by atoms with van der Waals surface area (Å²) in [5.74, 6) is 0. The zero-order valence-corrected chi connectivity index (χ0v) is 15.2. The minimum Gasteiger partial charge on any atom is -0.374 e. The Morgan fingerprint density at radius 3 is 2.28 bits per heavy atom. The van der Waals surface area contributed by atoms with Gasteiger partial charge in [0.2, 0.25) is 0 Å². The molecule has 0 aromatic heterocycles. The van der Waals surface area contributed by atoms with Gasteiger partial charge in [-0.15, -0.1) is 0 Å². The Kier molecular flexibility index (Phi) is 7.33. The van der Waals surface area contributed by atoms with Crippen molar-refractivity contribution in [3.8, 4) is 0 Å². The summed E-state index contributed by atoms with van der Waals surface area (Å²) in [4.78, 5) is 1.09. The zero-order chi connectivity index (χ0) is 17.3. The highest BCUT2D eigenvalue weighted by atomic mass is 32.2. The molecule has 1 fully saturated rings. The van der Waals surface area contributed by atoms with Crippen LogP contribution in [0.3, 0.4) is 0 Å². The van der Waals surface area contributed by atoms with Gasteiger partial charge in [0.1, 0.15) is 12.2 Å². The third-order valence-corrected chi connectivity index (χ3v) is 4.60. The molecule has 0 saturated carbocycles. The molecule has 0 aliphatic carbocycles. The van der Waals surface area contributed by atoms with Gasteiger partial charge >= 0.3 is 0 Å². The van der Waals surface area contributed by atoms with Crippen LogP contribution in [-0.4, -0.2) is 38.6 Å². The summed E-state index contributed by atoms with van der Waals surface area (Å²) in [5.41, 5.74) is 2.41. The molecular weight excluding hydrogens is 336 g/mol. The summed E-state index contributed by atoms with van der Waals surface area (Å²) in [6.45, 7) is 4.80. The Labute approximate surface area is 153 Å². The third kappa shape index (κ3) is 6.45. The van der Waals surface area contributed by atoms with Crippen molar-refractivity contribution in [3.05, 3.63) is 65.7 Å². The largest absolute Gasteiger partial charge is 0.374 e. The minimum atomic E-state index is -0.0247. The van der Waals surface area contributed by atoms with E-state index in [1.165, 1.54) is 23.2 Å². The van der Waals surface area contributed by atoms with Gasteiger partial charge in [0.15, 0.2) is 0 Å². The molecule has 2 atom stereocenters. The average Bonchev–Trinajstić information content (AvgIpc) is 2.66. The Hall–Kier alpha value is -1.37. The van der Waals surface area contributed by atoms with E-state index < -0.39 is 0 Å². The van der Waals surface area contributed by atoms with E-state index in [1.54, 1.807) is 0 Å². The summed E-state index contributed by atoms with van der Waals surface area (Å²) in [5, 5.41) is 0. The van der Waals surface area contributed by atoms with Crippen LogP contribution in [-0.2, 0) is 25.0 Å². The Morgan fingerprint density at radius 1 is 0.920 bits per heavy atom. The van der Waals surface area contributed by atoms with Crippen LogP contribution in [0.4, 0.5) is 0 Å². The second-order valence-electron chi connectivity index (χ2n) is 6.09. The van der Waals surface area contributed by atoms with Crippen molar-refractivity contribution < 1.29 is 18.4 Å². The smallest absolute Gasteiger partial charge is 0.106 e. The molecule has 0 radical (unpaired) electrons. The van der Waals surface area contributed by atoms with E-state index in [0.29, 0.717) is 33.0 Å². The lowest BCUT2D eigenvalue weighted by Crippen LogP contribution is -2.40. The fourth-order valence-electron chi connectivity index (χ4n) is 2.43. The van der Waals surface area contributed by atoms with Crippen LogP contribution in [0.5, 0.6) is 0 Å². The predicted octanol–water partition coefficient (Wildman–Crippen LogP) is 4.02. The van der Waals surface area contributed by atoms with E-state index >= 15 is 0 Å². The van der Waals surface area contributed by atoms with Crippen molar-refractivity contribution in [2.24, 2.45) is 0 Å². The van der Waals surface area contributed by atoms with Gasteiger partial charge in [-0.2, -0.15) is 0 Å². The molecule has 0 bridgehead atoms. The molecule has 3 rings (SSSR count). The van der Waals surface area contributed by atoms with Crippen LogP contribution >= 0.6 is 12.0 Å². The third-order valence-electron chi connectivity index (χ3n) is 3.88. The number of ether oxygens (including phenoxy) is 3. The predicted molar refractivity (Wildman–Crippen MR) is 98.6 cm³/mol. The van der Waals surface area contributed by atoms with E-state index in [0.717, 1.165) is 4.90 Å². The molecule has 0 spiro atoms. The maximum absolute atomic E-state index is 5.81. The highest BCUT2D eigenvalue weighted by Crippen LogP contribution is 2.20. The number of hydrogen-bond donors (Lipinski definition) is 0. The van der Waals surface area contributed by atoms with E-state index in [2.05, 4.69) is 43.3 Å². The first-order valence-corrected chi connectivity index (χ1v) is 9.25. The van der Waals surface area contributed by atoms with Crippen LogP contribution in [0, 0.1) is 6.92 Å². The lowest BCUT2D eigenvalue weighted by molar-refractivity contribution is -0.159. The second-order valence-corrected chi connectivity index (χ2v) is 6.97. The monoisotopic (exact) mass is 360 g/mol. The Bertz CT molecular complexity index is 609. The normalized spacial score (nSPS) is 20.5. The second kappa shape index (κ2) is 9.94. The molecule has 2 aromatic rings. The summed E-state index contributed by atoms with van der Waals surface area (Å²) >= 11 is 1.37. The topological polar surface area (TPSA) is 36.9 Å². The first-order chi connectivity index (χ1) is 12.3. The van der Waals surface area contributed by atoms with Gasteiger partial charge in [-0.25, -0.2) is 0 Å². The molecular formula is C20H24O4S. The molecule has 5 heteroatoms. The van der Waals surface area contributed by atoms with E-state index in [9.17, 15) is 0 Å². The van der Waals surface area contributed by atoms with Gasteiger partial charge in [-0.3, -0.25) is 0 Å². The molecule has 1 saturated heterocycles. The van der Waals surface area contributed by atoms with Gasteiger partial charge in [-0.1, -0.05) is 48.0 Å². The number of benzene rings is 2. The fraction of sp³-hybridized carbons (Fsp3) is 0.400. The first-order valence-electron chi connectivity index (χ1n) is 8.50. The molecule has 25 heavy (non-hydrogen) atoms. The summed E-state index contributed by atoms with van der Waals surface area (Å²) in [6.07, 6.45) is -0.0342. The highest BCUT2D eigenvalue weighted by Gasteiger charge is 2.22. The molecule has 0 N–H and O–H groups in total. The fourth-order valence-corrected chi connectivity index (χ4v) is 3.03. The summed E-state index contributed by atoms with van der Waals surface area (Å²) < 4.78 is 23.0. The SMILES string of the molecule is Cc1ccc(SOCC2COC(COCc3ccccc3)CO2)cc1. The summed E-state index contributed by atoms with van der Waals surface area (Å²) in [7, 11) is 0. The molecule has 2 unspecified atom stereocenters. The number of rotatable bonds is 8. The highest BCUT2D eigenvalue weighted by molar-refractivity contribution is 7.94. The van der Waals surface area contributed by atoms with Crippen LogP contribution in [0.15, 0.2) is 59.5 Å². The van der Waals surface area contributed by atoms with Crippen LogP contribution in [0.25, 0.3) is 0 Å². The van der Waals surface area contributed by atoms with E-state index in [1.807, 2.05) is 18.2 Å². The minimum absolute atomic E-state index is 0.00952. The van der Waals surface area contributed by atoms with Crippen LogP contribution in [0.1, 0.15) is 11.1 Å². The van der Waals surface area contributed by atoms with Crippen molar-refractivity contribution >= 4 is 12.0 Å². The number of hydrogen-bond acceptors (Lipinski definition) is 5. The lowest BCUT2D eigenvalue weighted by Gasteiger charge is -2.29. The molecule has 0 amide bonds. The lowest BCUT2D eigenvalue weighted by atomic mass is 10.2. The molecule has 2 aromatic carbocycles. The first kappa shape index (κ1) is 18.4. The van der Waals surface area contributed by atoms with Crippen LogP contribution < -0.4 is 0 Å². The zero-order valence-electron chi connectivity index (χ0n) is 14.4. The van der Waals surface area contributed by atoms with Crippen molar-refractivity contribution in [3.63, 3.8) is 0 Å². The molecule has 134 valence electrons. The van der Waals surface area contributed by atoms with Gasteiger partial charge in [-0.05, 0) is 24.6 Å². The van der Waals surface area contributed by atoms with Gasteiger partial charge in [0, 0.05) is 16.9 Å². The van der Waals surface area contributed by atoms with Crippen molar-refractivity contribution in [1.82, 2.24) is 0 Å². The quantitative estimate of drug-likeness (QED) is 0.665. The van der Waals surface area contributed by atoms with Gasteiger partial charge in [0.25, 0.3) is 0 Å². The number of aryl methyl sites for hydroxylation is 1. The van der Waals surface area contributed by atoms with Gasteiger partial charge in [0.05, 0.1) is 33.0 Å². The van der Waals surface area contributed by atoms with Gasteiger partial charge < -0.3 is 18.4 Å². The van der Waals surface area contributed by atoms with Crippen LogP contribution in [0.2, 0.25) is 0 Å². The van der Waals surface area contributed by atoms with E-state index in [4.69, 9.17) is 18.4 Å². The standard InChI is InChI=1S/C20H24O4S/c1-16-7-9-20(10-8-16)25-24-15-19-14-22-18(13-23-19)12-21-11-17-5-3-2-4-6-17/h2-10,18-19H,11-15H2,1H3. The van der Waals surface area contributed by atoms with E-state index in [-0.39, 0.29) is 12.2 Å². The van der Waals surface area contributed by atoms with Crippen molar-refractivity contribution in [2.75, 3.05) is 26.4 Å². The average molecular weight is 360 g/mol. The molecule has 4 nitrogen and oxygen atoms in total. The molecule has 1 heterocycles. The maximum atomic E-state index is 5.81. The van der Waals surface area contributed by atoms with Crippen molar-refractivity contribution in [2.45, 2.75) is 30.6 Å². The van der Waals surface area contributed by atoms with Crippen molar-refractivity contribution in [1.29, 1.82) is 0 Å². The summed E-state index contributed by atoms with van der Waals surface area (Å²) in [6, 6.07) is 18.4. The Balaban J connectivity index is 1.27. The maximum Gasteiger partial charge on any atom is 0.106 e. The molecule has 1 aliphatic rings. The molecule has 1 aliphatic heterocycles.